The molecular formula is C24H30N2O4S. The van der Waals surface area contributed by atoms with E-state index in [1.807, 2.05) is 0 Å². The highest BCUT2D eigenvalue weighted by atomic mass is 32.2. The van der Waals surface area contributed by atoms with Gasteiger partial charge in [-0.1, -0.05) is 41.6 Å². The molecule has 0 unspecified atom stereocenters. The Balaban J connectivity index is 1.53. The van der Waals surface area contributed by atoms with Gasteiger partial charge in [0.15, 0.2) is 0 Å². The fourth-order valence-electron chi connectivity index (χ4n) is 3.50. The molecule has 2 aromatic carbocycles. The van der Waals surface area contributed by atoms with Crippen molar-refractivity contribution in [3.05, 3.63) is 53.6 Å². The molecule has 3 rings (SSSR count). The van der Waals surface area contributed by atoms with Crippen molar-refractivity contribution in [2.45, 2.75) is 36.5 Å². The molecule has 1 aliphatic rings. The molecular weight excluding hydrogens is 412 g/mol. The van der Waals surface area contributed by atoms with Crippen LogP contribution in [0.25, 0.3) is 0 Å². The van der Waals surface area contributed by atoms with Gasteiger partial charge >= 0.3 is 11.9 Å². The van der Waals surface area contributed by atoms with E-state index < -0.39 is 5.97 Å². The van der Waals surface area contributed by atoms with Gasteiger partial charge in [-0.05, 0) is 37.6 Å². The molecule has 31 heavy (non-hydrogen) atoms. The zero-order chi connectivity index (χ0) is 22.2. The minimum absolute atomic E-state index is 0.0513. The van der Waals surface area contributed by atoms with E-state index in [4.69, 9.17) is 4.74 Å². The van der Waals surface area contributed by atoms with Crippen LogP contribution in [0.2, 0.25) is 0 Å². The molecule has 0 radical (unpaired) electrons. The Hall–Kier alpha value is -2.51. The topological polar surface area (TPSA) is 59.1 Å². The van der Waals surface area contributed by atoms with Gasteiger partial charge in [0.05, 0.1) is 25.6 Å². The summed E-state index contributed by atoms with van der Waals surface area (Å²) in [5.74, 6) is -0.772. The van der Waals surface area contributed by atoms with Crippen LogP contribution in [0.1, 0.15) is 24.0 Å². The van der Waals surface area contributed by atoms with Gasteiger partial charge in [0.25, 0.3) is 0 Å². The van der Waals surface area contributed by atoms with Crippen LogP contribution in [0.15, 0.2) is 52.3 Å². The number of hydrogen-bond acceptors (Lipinski definition) is 7. The number of nitrogens with zero attached hydrogens (tertiary/aromatic N) is 2. The predicted molar refractivity (Wildman–Crippen MR) is 122 cm³/mol. The third-order valence-electron chi connectivity index (χ3n) is 5.30. The first kappa shape index (κ1) is 23.2. The highest BCUT2D eigenvalue weighted by molar-refractivity contribution is 7.99. The zero-order valence-corrected chi connectivity index (χ0v) is 19.2. The van der Waals surface area contributed by atoms with E-state index in [-0.39, 0.29) is 25.5 Å². The molecule has 0 amide bonds. The molecule has 1 heterocycles. The highest BCUT2D eigenvalue weighted by Crippen LogP contribution is 2.37. The lowest BCUT2D eigenvalue weighted by Gasteiger charge is -2.36. The third kappa shape index (κ3) is 6.74. The number of para-hydroxylation sites is 1. The lowest BCUT2D eigenvalue weighted by Crippen LogP contribution is -2.47. The number of benzene rings is 2. The molecule has 7 heteroatoms. The molecule has 166 valence electrons. The second-order valence-corrected chi connectivity index (χ2v) is 8.75. The maximum absolute atomic E-state index is 11.8. The number of hydrogen-bond donors (Lipinski definition) is 0. The largest absolute Gasteiger partial charge is 0.469 e. The first-order valence-corrected chi connectivity index (χ1v) is 11.3. The van der Waals surface area contributed by atoms with Crippen LogP contribution >= 0.6 is 11.8 Å². The Labute approximate surface area is 188 Å². The van der Waals surface area contributed by atoms with E-state index in [9.17, 15) is 9.59 Å². The Morgan fingerprint density at radius 3 is 2.35 bits per heavy atom. The van der Waals surface area contributed by atoms with Crippen LogP contribution < -0.4 is 4.90 Å². The van der Waals surface area contributed by atoms with Crippen LogP contribution in [0, 0.1) is 13.8 Å². The molecule has 1 fully saturated rings. The Morgan fingerprint density at radius 1 is 0.935 bits per heavy atom. The van der Waals surface area contributed by atoms with Crippen LogP contribution in [-0.4, -0.2) is 56.9 Å². The van der Waals surface area contributed by atoms with E-state index in [0.29, 0.717) is 0 Å². The molecule has 1 saturated heterocycles. The minimum atomic E-state index is -0.400. The summed E-state index contributed by atoms with van der Waals surface area (Å²) in [6.45, 7) is 7.88. The number of anilines is 1. The van der Waals surface area contributed by atoms with Crippen LogP contribution in [-0.2, 0) is 19.1 Å². The Kier molecular flexibility index (Phi) is 8.37. The lowest BCUT2D eigenvalue weighted by atomic mass is 10.2. The number of methoxy groups -OCH3 is 1. The van der Waals surface area contributed by atoms with Crippen LogP contribution in [0.3, 0.4) is 0 Å². The number of carbonyl (C=O) groups excluding carboxylic acids is 2. The van der Waals surface area contributed by atoms with Crippen molar-refractivity contribution in [1.29, 1.82) is 0 Å². The minimum Gasteiger partial charge on any atom is -0.469 e. The van der Waals surface area contributed by atoms with Crippen molar-refractivity contribution in [3.8, 4) is 0 Å². The van der Waals surface area contributed by atoms with E-state index in [1.54, 1.807) is 11.8 Å². The van der Waals surface area contributed by atoms with Gasteiger partial charge in [-0.25, -0.2) is 0 Å². The molecule has 2 aromatic rings. The Morgan fingerprint density at radius 2 is 1.65 bits per heavy atom. The number of ether oxygens (including phenoxy) is 2. The standard InChI is InChI=1S/C24H30N2O4S/c1-18-8-9-21(19(2)16-18)31-22-7-5-4-6-20(22)26-14-12-25(13-15-26)17-30-24(28)11-10-23(27)29-3/h4-9,16H,10-15,17H2,1-3H3. The van der Waals surface area contributed by atoms with Crippen LogP contribution in [0.5, 0.6) is 0 Å². The smallest absolute Gasteiger partial charge is 0.307 e. The fraction of sp³-hybridized carbons (Fsp3) is 0.417. The average molecular weight is 443 g/mol. The maximum atomic E-state index is 11.8. The van der Waals surface area contributed by atoms with Crippen molar-refractivity contribution < 1.29 is 19.1 Å². The van der Waals surface area contributed by atoms with E-state index >= 15 is 0 Å². The van der Waals surface area contributed by atoms with E-state index in [2.05, 4.69) is 70.8 Å². The quantitative estimate of drug-likeness (QED) is 0.572. The summed E-state index contributed by atoms with van der Waals surface area (Å²) >= 11 is 1.81. The number of rotatable bonds is 8. The molecule has 0 spiro atoms. The van der Waals surface area contributed by atoms with Crippen molar-refractivity contribution >= 4 is 29.4 Å². The summed E-state index contributed by atoms with van der Waals surface area (Å²) in [6, 6.07) is 15.1. The highest BCUT2D eigenvalue weighted by Gasteiger charge is 2.20. The molecule has 6 nitrogen and oxygen atoms in total. The summed E-state index contributed by atoms with van der Waals surface area (Å²) in [5, 5.41) is 0. The summed E-state index contributed by atoms with van der Waals surface area (Å²) in [4.78, 5) is 29.9. The number of esters is 2. The molecule has 0 saturated carbocycles. The molecule has 0 aliphatic carbocycles. The average Bonchev–Trinajstić information content (AvgIpc) is 2.78. The predicted octanol–water partition coefficient (Wildman–Crippen LogP) is 4.03. The lowest BCUT2D eigenvalue weighted by molar-refractivity contribution is -0.152. The van der Waals surface area contributed by atoms with Crippen molar-refractivity contribution in [2.75, 3.05) is 44.9 Å². The molecule has 0 atom stereocenters. The second kappa shape index (κ2) is 11.2. The second-order valence-electron chi connectivity index (χ2n) is 7.67. The number of piperazine rings is 1. The van der Waals surface area contributed by atoms with Gasteiger partial charge in [-0.2, -0.15) is 0 Å². The van der Waals surface area contributed by atoms with Gasteiger partial charge in [0.2, 0.25) is 0 Å². The van der Waals surface area contributed by atoms with Gasteiger partial charge in [-0.15, -0.1) is 0 Å². The third-order valence-corrected chi connectivity index (χ3v) is 6.54. The van der Waals surface area contributed by atoms with E-state index in [1.165, 1.54) is 33.7 Å². The van der Waals surface area contributed by atoms with Gasteiger partial charge in [0, 0.05) is 36.0 Å². The van der Waals surface area contributed by atoms with Crippen molar-refractivity contribution in [2.24, 2.45) is 0 Å². The Bertz CT molecular complexity index is 910. The van der Waals surface area contributed by atoms with Gasteiger partial charge in [0.1, 0.15) is 6.73 Å². The summed E-state index contributed by atoms with van der Waals surface area (Å²) < 4.78 is 9.84. The summed E-state index contributed by atoms with van der Waals surface area (Å²) in [7, 11) is 1.31. The van der Waals surface area contributed by atoms with E-state index in [0.717, 1.165) is 26.2 Å². The fourth-order valence-corrected chi connectivity index (χ4v) is 4.54. The van der Waals surface area contributed by atoms with Crippen molar-refractivity contribution in [1.82, 2.24) is 4.90 Å². The van der Waals surface area contributed by atoms with Gasteiger partial charge < -0.3 is 14.4 Å². The van der Waals surface area contributed by atoms with Gasteiger partial charge in [-0.3, -0.25) is 14.5 Å². The zero-order valence-electron chi connectivity index (χ0n) is 18.4. The summed E-state index contributed by atoms with van der Waals surface area (Å²) in [5.41, 5.74) is 3.80. The van der Waals surface area contributed by atoms with Crippen molar-refractivity contribution in [3.63, 3.8) is 0 Å². The molecule has 1 aliphatic heterocycles. The first-order chi connectivity index (χ1) is 15.0. The molecule has 0 bridgehead atoms. The van der Waals surface area contributed by atoms with Crippen LogP contribution in [0.4, 0.5) is 5.69 Å². The maximum Gasteiger partial charge on any atom is 0.307 e. The SMILES string of the molecule is COC(=O)CCC(=O)OCN1CCN(c2ccccc2Sc2ccc(C)cc2C)CC1. The number of aryl methyl sites for hydroxylation is 2. The molecule has 0 N–H and O–H groups in total. The summed E-state index contributed by atoms with van der Waals surface area (Å²) in [6.07, 6.45) is 0.105. The normalized spacial score (nSPS) is 14.4. The first-order valence-electron chi connectivity index (χ1n) is 10.5. The monoisotopic (exact) mass is 442 g/mol. The number of carbonyl (C=O) groups is 2. The molecule has 0 aromatic heterocycles.